The number of methoxy groups -OCH3 is 1. The molecule has 1 aromatic carbocycles. The molecule has 0 saturated heterocycles. The van der Waals surface area contributed by atoms with Crippen LogP contribution in [0.1, 0.15) is 11.4 Å². The summed E-state index contributed by atoms with van der Waals surface area (Å²) in [5, 5.41) is 3.68. The van der Waals surface area contributed by atoms with Crippen molar-refractivity contribution in [2.24, 2.45) is 7.05 Å². The van der Waals surface area contributed by atoms with Crippen LogP contribution in [0.25, 0.3) is 0 Å². The molecular formula is C14H17BrClN3O2. The van der Waals surface area contributed by atoms with E-state index < -0.39 is 0 Å². The number of nitrogens with zero attached hydrogens (tertiary/aromatic N) is 2. The number of nitrogens with one attached hydrogen (secondary N) is 1. The lowest BCUT2D eigenvalue weighted by molar-refractivity contribution is 0.271. The first kappa shape index (κ1) is 16.1. The van der Waals surface area contributed by atoms with Gasteiger partial charge < -0.3 is 19.4 Å². The van der Waals surface area contributed by atoms with Crippen LogP contribution < -0.4 is 14.8 Å². The van der Waals surface area contributed by atoms with E-state index in [1.807, 2.05) is 26.2 Å². The Labute approximate surface area is 137 Å². The van der Waals surface area contributed by atoms with Gasteiger partial charge in [-0.2, -0.15) is 0 Å². The smallest absolute Gasteiger partial charge is 0.176 e. The van der Waals surface area contributed by atoms with E-state index in [2.05, 4.69) is 26.2 Å². The fourth-order valence-electron chi connectivity index (χ4n) is 1.91. The summed E-state index contributed by atoms with van der Waals surface area (Å²) < 4.78 is 13.9. The van der Waals surface area contributed by atoms with Crippen molar-refractivity contribution in [1.29, 1.82) is 0 Å². The maximum Gasteiger partial charge on any atom is 0.176 e. The van der Waals surface area contributed by atoms with Crippen molar-refractivity contribution in [2.75, 3.05) is 14.2 Å². The van der Waals surface area contributed by atoms with Crippen molar-refractivity contribution < 1.29 is 9.47 Å². The van der Waals surface area contributed by atoms with Gasteiger partial charge in [0.2, 0.25) is 0 Å². The van der Waals surface area contributed by atoms with Crippen molar-refractivity contribution in [3.8, 4) is 11.5 Å². The van der Waals surface area contributed by atoms with Gasteiger partial charge in [-0.25, -0.2) is 4.98 Å². The highest BCUT2D eigenvalue weighted by Crippen LogP contribution is 2.37. The third-order valence-corrected chi connectivity index (χ3v) is 3.98. The molecule has 1 heterocycles. The van der Waals surface area contributed by atoms with E-state index in [1.165, 1.54) is 0 Å². The Balaban J connectivity index is 2.21. The van der Waals surface area contributed by atoms with Crippen LogP contribution in [0.15, 0.2) is 22.8 Å². The summed E-state index contributed by atoms with van der Waals surface area (Å²) in [4.78, 5) is 4.20. The number of imidazole rings is 1. The minimum atomic E-state index is 0.309. The number of aromatic nitrogens is 2. The Morgan fingerprint density at radius 3 is 2.76 bits per heavy atom. The van der Waals surface area contributed by atoms with Crippen LogP contribution in [0.3, 0.4) is 0 Å². The first-order valence-corrected chi connectivity index (χ1v) is 7.53. The fraction of sp³-hybridized carbons (Fsp3) is 0.357. The van der Waals surface area contributed by atoms with E-state index >= 15 is 0 Å². The molecule has 0 radical (unpaired) electrons. The summed E-state index contributed by atoms with van der Waals surface area (Å²) in [5.74, 6) is 2.07. The van der Waals surface area contributed by atoms with Crippen molar-refractivity contribution in [2.45, 2.75) is 13.2 Å². The van der Waals surface area contributed by atoms with Crippen molar-refractivity contribution in [3.05, 3.63) is 39.3 Å². The van der Waals surface area contributed by atoms with Crippen LogP contribution in [0.4, 0.5) is 0 Å². The molecule has 21 heavy (non-hydrogen) atoms. The van der Waals surface area contributed by atoms with Gasteiger partial charge in [0.1, 0.15) is 17.6 Å². The van der Waals surface area contributed by atoms with Gasteiger partial charge in [0.15, 0.2) is 11.5 Å². The predicted molar refractivity (Wildman–Crippen MR) is 86.0 cm³/mol. The highest BCUT2D eigenvalue weighted by atomic mass is 79.9. The molecule has 0 aliphatic heterocycles. The quantitative estimate of drug-likeness (QED) is 0.844. The molecular weight excluding hydrogens is 358 g/mol. The van der Waals surface area contributed by atoms with Gasteiger partial charge in [0, 0.05) is 13.6 Å². The van der Waals surface area contributed by atoms with Crippen LogP contribution in [0, 0.1) is 0 Å². The molecule has 0 aliphatic rings. The van der Waals surface area contributed by atoms with Gasteiger partial charge >= 0.3 is 0 Å². The molecule has 2 rings (SSSR count). The first-order chi connectivity index (χ1) is 10.1. The second kappa shape index (κ2) is 7.15. The molecule has 7 heteroatoms. The van der Waals surface area contributed by atoms with E-state index in [1.54, 1.807) is 17.9 Å². The van der Waals surface area contributed by atoms with E-state index in [4.69, 9.17) is 21.1 Å². The predicted octanol–water partition coefficient (Wildman–Crippen LogP) is 3.14. The number of rotatable bonds is 6. The highest BCUT2D eigenvalue weighted by molar-refractivity contribution is 9.10. The summed E-state index contributed by atoms with van der Waals surface area (Å²) in [5.41, 5.74) is 1.11. The minimum absolute atomic E-state index is 0.309. The van der Waals surface area contributed by atoms with Crippen molar-refractivity contribution >= 4 is 27.5 Å². The Morgan fingerprint density at radius 2 is 2.19 bits per heavy atom. The van der Waals surface area contributed by atoms with Crippen LogP contribution in [-0.4, -0.2) is 23.7 Å². The second-order valence-corrected chi connectivity index (χ2v) is 5.73. The summed E-state index contributed by atoms with van der Waals surface area (Å²) >= 11 is 9.48. The second-order valence-electron chi connectivity index (χ2n) is 4.48. The molecule has 0 unspecified atom stereocenters. The third-order valence-electron chi connectivity index (χ3n) is 3.04. The molecule has 0 amide bonds. The average molecular weight is 375 g/mol. The van der Waals surface area contributed by atoms with Gasteiger partial charge in [-0.15, -0.1) is 0 Å². The lowest BCUT2D eigenvalue weighted by Crippen LogP contribution is -2.07. The number of benzene rings is 1. The highest BCUT2D eigenvalue weighted by Gasteiger charge is 2.13. The van der Waals surface area contributed by atoms with Gasteiger partial charge in [0.05, 0.1) is 17.8 Å². The van der Waals surface area contributed by atoms with Crippen LogP contribution in [0.2, 0.25) is 5.15 Å². The molecule has 1 N–H and O–H groups in total. The molecule has 0 saturated carbocycles. The van der Waals surface area contributed by atoms with E-state index in [9.17, 15) is 0 Å². The summed E-state index contributed by atoms with van der Waals surface area (Å²) in [6, 6.07) is 3.95. The van der Waals surface area contributed by atoms with Gasteiger partial charge in [0.25, 0.3) is 0 Å². The Kier molecular flexibility index (Phi) is 5.50. The number of halogens is 2. The lowest BCUT2D eigenvalue weighted by Gasteiger charge is -2.14. The molecule has 1 aromatic heterocycles. The standard InChI is InChI=1S/C14H17BrClN3O2/c1-17-6-9-4-10(15)14(11(5-9)20-3)21-8-13-18-7-12(16)19(13)2/h4-5,7,17H,6,8H2,1-3H3. The SMILES string of the molecule is CNCc1cc(Br)c(OCc2ncc(Cl)n2C)c(OC)c1. The Hall–Kier alpha value is -1.24. The summed E-state index contributed by atoms with van der Waals surface area (Å²) in [6.07, 6.45) is 1.60. The topological polar surface area (TPSA) is 48.3 Å². The van der Waals surface area contributed by atoms with Gasteiger partial charge in [-0.1, -0.05) is 11.6 Å². The summed E-state index contributed by atoms with van der Waals surface area (Å²) in [6.45, 7) is 1.06. The Bertz CT molecular complexity index is 631. The first-order valence-electron chi connectivity index (χ1n) is 6.36. The zero-order chi connectivity index (χ0) is 15.4. The zero-order valence-electron chi connectivity index (χ0n) is 12.1. The third kappa shape index (κ3) is 3.70. The maximum atomic E-state index is 5.96. The normalized spacial score (nSPS) is 10.7. The van der Waals surface area contributed by atoms with Crippen LogP contribution in [-0.2, 0) is 20.2 Å². The monoisotopic (exact) mass is 373 g/mol. The molecule has 2 aromatic rings. The zero-order valence-corrected chi connectivity index (χ0v) is 14.5. The van der Waals surface area contributed by atoms with E-state index in [0.29, 0.717) is 23.3 Å². The largest absolute Gasteiger partial charge is 0.493 e. The fourth-order valence-corrected chi connectivity index (χ4v) is 2.66. The van der Waals surface area contributed by atoms with E-state index in [0.717, 1.165) is 22.4 Å². The molecule has 0 aliphatic carbocycles. The molecule has 0 bridgehead atoms. The average Bonchev–Trinajstić information content (AvgIpc) is 2.77. The molecule has 0 fully saturated rings. The van der Waals surface area contributed by atoms with Crippen molar-refractivity contribution in [1.82, 2.24) is 14.9 Å². The maximum absolute atomic E-state index is 5.96. The van der Waals surface area contributed by atoms with Crippen LogP contribution in [0.5, 0.6) is 11.5 Å². The molecule has 0 spiro atoms. The van der Waals surface area contributed by atoms with Gasteiger partial charge in [-0.05, 0) is 40.7 Å². The molecule has 114 valence electrons. The number of hydrogen-bond acceptors (Lipinski definition) is 4. The Morgan fingerprint density at radius 1 is 1.43 bits per heavy atom. The summed E-state index contributed by atoms with van der Waals surface area (Å²) in [7, 11) is 5.36. The number of ether oxygens (including phenoxy) is 2. The molecule has 0 atom stereocenters. The molecule has 5 nitrogen and oxygen atoms in total. The lowest BCUT2D eigenvalue weighted by atomic mass is 10.2. The minimum Gasteiger partial charge on any atom is -0.493 e. The number of hydrogen-bond donors (Lipinski definition) is 1. The van der Waals surface area contributed by atoms with Crippen molar-refractivity contribution in [3.63, 3.8) is 0 Å². The van der Waals surface area contributed by atoms with Crippen LogP contribution >= 0.6 is 27.5 Å². The van der Waals surface area contributed by atoms with Gasteiger partial charge in [-0.3, -0.25) is 0 Å². The van der Waals surface area contributed by atoms with E-state index in [-0.39, 0.29) is 0 Å².